The molecule has 0 bridgehead atoms. The van der Waals surface area contributed by atoms with Crippen LogP contribution in [-0.2, 0) is 11.2 Å². The molecule has 1 aliphatic rings. The fourth-order valence-electron chi connectivity index (χ4n) is 3.16. The minimum Gasteiger partial charge on any atom is -0.344 e. The molecule has 0 radical (unpaired) electrons. The van der Waals surface area contributed by atoms with Crippen LogP contribution in [0.25, 0.3) is 0 Å². The highest BCUT2D eigenvalue weighted by Gasteiger charge is 2.24. The fraction of sp³-hybridized carbons (Fsp3) is 0.588. The molecule has 1 aromatic rings. The molecule has 1 saturated heterocycles. The van der Waals surface area contributed by atoms with Gasteiger partial charge in [-0.25, -0.2) is 0 Å². The zero-order chi connectivity index (χ0) is 14.7. The highest BCUT2D eigenvalue weighted by Crippen LogP contribution is 2.17. The molecule has 1 amide bonds. The van der Waals surface area contributed by atoms with Crippen LogP contribution in [0.15, 0.2) is 12.1 Å². The topological polar surface area (TPSA) is 32.3 Å². The predicted molar refractivity (Wildman–Crippen MR) is 83.0 cm³/mol. The van der Waals surface area contributed by atoms with Crippen molar-refractivity contribution in [3.8, 4) is 0 Å². The highest BCUT2D eigenvalue weighted by molar-refractivity contribution is 5.81. The number of nitrogens with zero attached hydrogens (tertiary/aromatic N) is 1. The predicted octanol–water partition coefficient (Wildman–Crippen LogP) is 2.36. The first-order valence-electron chi connectivity index (χ1n) is 7.54. The quantitative estimate of drug-likeness (QED) is 0.914. The van der Waals surface area contributed by atoms with Gasteiger partial charge in [-0.05, 0) is 63.3 Å². The number of nitrogens with one attached hydrogen (secondary N) is 1. The lowest BCUT2D eigenvalue weighted by molar-refractivity contribution is -0.131. The first-order chi connectivity index (χ1) is 9.49. The van der Waals surface area contributed by atoms with Crippen molar-refractivity contribution in [2.24, 2.45) is 0 Å². The molecular formula is C17H26N2O. The van der Waals surface area contributed by atoms with Crippen molar-refractivity contribution >= 4 is 5.91 Å². The number of carbonyl (C=O) groups is 1. The lowest BCUT2D eigenvalue weighted by Gasteiger charge is -2.22. The lowest BCUT2D eigenvalue weighted by atomic mass is 9.97. The van der Waals surface area contributed by atoms with Crippen LogP contribution >= 0.6 is 0 Å². The Kier molecular flexibility index (Phi) is 4.81. The van der Waals surface area contributed by atoms with E-state index in [4.69, 9.17) is 0 Å². The Morgan fingerprint density at radius 1 is 1.30 bits per heavy atom. The van der Waals surface area contributed by atoms with Crippen LogP contribution in [0.5, 0.6) is 0 Å². The Bertz CT molecular complexity index is 467. The Morgan fingerprint density at radius 3 is 2.50 bits per heavy atom. The maximum absolute atomic E-state index is 12.3. The molecule has 1 N–H and O–H groups in total. The summed E-state index contributed by atoms with van der Waals surface area (Å²) >= 11 is 0. The molecule has 110 valence electrons. The van der Waals surface area contributed by atoms with Crippen molar-refractivity contribution in [1.82, 2.24) is 10.2 Å². The second kappa shape index (κ2) is 6.40. The van der Waals surface area contributed by atoms with E-state index in [1.807, 2.05) is 11.9 Å². The molecule has 1 unspecified atom stereocenters. The first kappa shape index (κ1) is 15.0. The third kappa shape index (κ3) is 3.40. The fourth-order valence-corrected chi connectivity index (χ4v) is 3.16. The van der Waals surface area contributed by atoms with Gasteiger partial charge in [-0.15, -0.1) is 0 Å². The van der Waals surface area contributed by atoms with Crippen LogP contribution in [-0.4, -0.2) is 37.0 Å². The van der Waals surface area contributed by atoms with Crippen molar-refractivity contribution in [1.29, 1.82) is 0 Å². The summed E-state index contributed by atoms with van der Waals surface area (Å²) in [6, 6.07) is 4.49. The molecule has 1 aromatic carbocycles. The normalized spacial score (nSPS) is 18.3. The molecule has 0 aliphatic carbocycles. The molecular weight excluding hydrogens is 248 g/mol. The SMILES string of the molecule is Cc1cc(C)c(CCN(C)C(=O)C2CCCN2)c(C)c1. The van der Waals surface area contributed by atoms with Crippen molar-refractivity contribution in [2.75, 3.05) is 20.1 Å². The summed E-state index contributed by atoms with van der Waals surface area (Å²) < 4.78 is 0. The minimum atomic E-state index is 0.0419. The maximum atomic E-state index is 12.3. The van der Waals surface area contributed by atoms with E-state index in [0.717, 1.165) is 32.4 Å². The van der Waals surface area contributed by atoms with Gasteiger partial charge in [-0.1, -0.05) is 17.7 Å². The van der Waals surface area contributed by atoms with Crippen LogP contribution in [0.2, 0.25) is 0 Å². The van der Waals surface area contributed by atoms with Crippen LogP contribution in [0.1, 0.15) is 35.1 Å². The molecule has 1 fully saturated rings. The average Bonchev–Trinajstić information content (AvgIpc) is 2.90. The molecule has 0 aromatic heterocycles. The Labute approximate surface area is 122 Å². The zero-order valence-electron chi connectivity index (χ0n) is 13.1. The number of hydrogen-bond donors (Lipinski definition) is 1. The van der Waals surface area contributed by atoms with E-state index in [1.54, 1.807) is 0 Å². The van der Waals surface area contributed by atoms with Gasteiger partial charge in [0, 0.05) is 13.6 Å². The standard InChI is InChI=1S/C17H26N2O/c1-12-10-13(2)15(14(3)11-12)7-9-19(4)17(20)16-6-5-8-18-16/h10-11,16,18H,5-9H2,1-4H3. The molecule has 3 heteroatoms. The van der Waals surface area contributed by atoms with E-state index >= 15 is 0 Å². The van der Waals surface area contributed by atoms with Gasteiger partial charge in [0.2, 0.25) is 5.91 Å². The van der Waals surface area contributed by atoms with Crippen molar-refractivity contribution in [3.05, 3.63) is 34.4 Å². The van der Waals surface area contributed by atoms with Crippen LogP contribution in [0, 0.1) is 20.8 Å². The minimum absolute atomic E-state index is 0.0419. The van der Waals surface area contributed by atoms with E-state index < -0.39 is 0 Å². The van der Waals surface area contributed by atoms with E-state index in [0.29, 0.717) is 0 Å². The second-order valence-electron chi connectivity index (χ2n) is 6.04. The van der Waals surface area contributed by atoms with Gasteiger partial charge >= 0.3 is 0 Å². The molecule has 1 atom stereocenters. The maximum Gasteiger partial charge on any atom is 0.239 e. The van der Waals surface area contributed by atoms with Crippen LogP contribution in [0.4, 0.5) is 0 Å². The largest absolute Gasteiger partial charge is 0.344 e. The number of hydrogen-bond acceptors (Lipinski definition) is 2. The van der Waals surface area contributed by atoms with Gasteiger partial charge in [0.1, 0.15) is 0 Å². The Morgan fingerprint density at radius 2 is 1.95 bits per heavy atom. The molecule has 1 aliphatic heterocycles. The van der Waals surface area contributed by atoms with Gasteiger partial charge in [0.25, 0.3) is 0 Å². The summed E-state index contributed by atoms with van der Waals surface area (Å²) in [5, 5.41) is 3.27. The number of amides is 1. The summed E-state index contributed by atoms with van der Waals surface area (Å²) in [5.41, 5.74) is 5.36. The zero-order valence-corrected chi connectivity index (χ0v) is 13.1. The van der Waals surface area contributed by atoms with Crippen molar-refractivity contribution in [3.63, 3.8) is 0 Å². The molecule has 3 nitrogen and oxygen atoms in total. The smallest absolute Gasteiger partial charge is 0.239 e. The van der Waals surface area contributed by atoms with Gasteiger partial charge in [-0.3, -0.25) is 4.79 Å². The molecule has 2 rings (SSSR count). The third-order valence-corrected chi connectivity index (χ3v) is 4.27. The second-order valence-corrected chi connectivity index (χ2v) is 6.04. The number of benzene rings is 1. The van der Waals surface area contributed by atoms with Gasteiger partial charge < -0.3 is 10.2 Å². The van der Waals surface area contributed by atoms with Crippen molar-refractivity contribution < 1.29 is 4.79 Å². The molecule has 1 heterocycles. The molecule has 0 spiro atoms. The van der Waals surface area contributed by atoms with Gasteiger partial charge in [0.05, 0.1) is 6.04 Å². The van der Waals surface area contributed by atoms with E-state index in [-0.39, 0.29) is 11.9 Å². The average molecular weight is 274 g/mol. The summed E-state index contributed by atoms with van der Waals surface area (Å²) in [7, 11) is 1.92. The Balaban J connectivity index is 1.96. The van der Waals surface area contributed by atoms with Crippen LogP contribution < -0.4 is 5.32 Å². The van der Waals surface area contributed by atoms with E-state index in [1.165, 1.54) is 22.3 Å². The summed E-state index contributed by atoms with van der Waals surface area (Å²) in [5.74, 6) is 0.241. The summed E-state index contributed by atoms with van der Waals surface area (Å²) in [6.07, 6.45) is 3.03. The number of aryl methyl sites for hydroxylation is 3. The van der Waals surface area contributed by atoms with E-state index in [2.05, 4.69) is 38.2 Å². The van der Waals surface area contributed by atoms with Crippen LogP contribution in [0.3, 0.4) is 0 Å². The van der Waals surface area contributed by atoms with Gasteiger partial charge in [-0.2, -0.15) is 0 Å². The molecule has 20 heavy (non-hydrogen) atoms. The van der Waals surface area contributed by atoms with Crippen molar-refractivity contribution in [2.45, 2.75) is 46.1 Å². The Hall–Kier alpha value is -1.35. The summed E-state index contributed by atoms with van der Waals surface area (Å²) in [6.45, 7) is 8.22. The summed E-state index contributed by atoms with van der Waals surface area (Å²) in [4.78, 5) is 14.1. The first-order valence-corrected chi connectivity index (χ1v) is 7.54. The monoisotopic (exact) mass is 274 g/mol. The number of carbonyl (C=O) groups excluding carboxylic acids is 1. The molecule has 0 saturated carbocycles. The number of likely N-dealkylation sites (N-methyl/N-ethyl adjacent to an activating group) is 1. The lowest BCUT2D eigenvalue weighted by Crippen LogP contribution is -2.42. The highest BCUT2D eigenvalue weighted by atomic mass is 16.2. The van der Waals surface area contributed by atoms with E-state index in [9.17, 15) is 4.79 Å². The number of rotatable bonds is 4. The van der Waals surface area contributed by atoms with Gasteiger partial charge in [0.15, 0.2) is 0 Å². The third-order valence-electron chi connectivity index (χ3n) is 4.27.